The molecule has 5 nitrogen and oxygen atoms in total. The van der Waals surface area contributed by atoms with Crippen molar-refractivity contribution in [1.29, 1.82) is 0 Å². The Bertz CT molecular complexity index is 549. The van der Waals surface area contributed by atoms with Gasteiger partial charge < -0.3 is 10.2 Å². The molecule has 1 N–H and O–H groups in total. The number of pyridine rings is 1. The highest BCUT2D eigenvalue weighted by Crippen LogP contribution is 2.27. The summed E-state index contributed by atoms with van der Waals surface area (Å²) in [5, 5.41) is 3.06. The molecule has 3 saturated heterocycles. The molecule has 1 aromatic heterocycles. The molecule has 3 aliphatic heterocycles. The zero-order valence-electron chi connectivity index (χ0n) is 10.5. The fourth-order valence-electron chi connectivity index (χ4n) is 2.98. The van der Waals surface area contributed by atoms with E-state index in [9.17, 15) is 9.59 Å². The Balaban J connectivity index is 1.71. The predicted molar refractivity (Wildman–Crippen MR) is 72.4 cm³/mol. The number of aromatic nitrogens is 1. The molecule has 4 rings (SSSR count). The minimum atomic E-state index is -0.332. The van der Waals surface area contributed by atoms with Crippen molar-refractivity contribution in [2.45, 2.75) is 18.9 Å². The molecule has 6 heteroatoms. The van der Waals surface area contributed by atoms with Gasteiger partial charge in [-0.25, -0.2) is 4.09 Å². The van der Waals surface area contributed by atoms with E-state index in [1.54, 1.807) is 0 Å². The average Bonchev–Trinajstić information content (AvgIpc) is 2.43. The molecule has 3 aliphatic rings. The molecular weight excluding hydrogens is 266 g/mol. The van der Waals surface area contributed by atoms with E-state index in [-0.39, 0.29) is 17.5 Å². The van der Waals surface area contributed by atoms with Gasteiger partial charge in [-0.15, -0.1) is 0 Å². The summed E-state index contributed by atoms with van der Waals surface area (Å²) >= 11 is 5.68. The van der Waals surface area contributed by atoms with Crippen molar-refractivity contribution in [2.75, 3.05) is 19.6 Å². The Morgan fingerprint density at radius 2 is 2.05 bits per heavy atom. The first-order chi connectivity index (χ1) is 9.13. The van der Waals surface area contributed by atoms with Crippen LogP contribution >= 0.6 is 11.8 Å². The Morgan fingerprint density at radius 1 is 1.32 bits per heavy atom. The van der Waals surface area contributed by atoms with Crippen LogP contribution in [0.4, 0.5) is 0 Å². The third-order valence-corrected chi connectivity index (χ3v) is 4.37. The summed E-state index contributed by atoms with van der Waals surface area (Å²) in [6.07, 6.45) is 3.67. The minimum Gasteiger partial charge on any atom is -0.348 e. The molecule has 3 fully saturated rings. The molecule has 102 valence electrons. The maximum absolute atomic E-state index is 12.1. The number of hydrogen-bond acceptors (Lipinski definition) is 3. The number of carbonyl (C=O) groups excluding carboxylic acids is 1. The number of halogens is 1. The van der Waals surface area contributed by atoms with Crippen molar-refractivity contribution in [3.8, 4) is 0 Å². The van der Waals surface area contributed by atoms with Crippen LogP contribution in [0.15, 0.2) is 23.1 Å². The molecular formula is C13H16ClN3O2. The van der Waals surface area contributed by atoms with Crippen molar-refractivity contribution >= 4 is 17.7 Å². The van der Waals surface area contributed by atoms with Gasteiger partial charge in [-0.05, 0) is 37.9 Å². The normalized spacial score (nSPS) is 29.2. The van der Waals surface area contributed by atoms with Crippen LogP contribution in [0.25, 0.3) is 0 Å². The quantitative estimate of drug-likeness (QED) is 0.867. The molecule has 1 unspecified atom stereocenters. The number of nitrogens with one attached hydrogen (secondary N) is 1. The third-order valence-electron chi connectivity index (χ3n) is 4.10. The molecule has 19 heavy (non-hydrogen) atoms. The lowest BCUT2D eigenvalue weighted by Crippen LogP contribution is -2.57. The van der Waals surface area contributed by atoms with Crippen LogP contribution in [-0.4, -0.2) is 40.6 Å². The van der Waals surface area contributed by atoms with E-state index in [0.717, 1.165) is 36.6 Å². The summed E-state index contributed by atoms with van der Waals surface area (Å²) < 4.78 is 0.908. The third kappa shape index (κ3) is 2.53. The molecule has 0 spiro atoms. The zero-order valence-corrected chi connectivity index (χ0v) is 11.3. The van der Waals surface area contributed by atoms with Gasteiger partial charge in [0.15, 0.2) is 0 Å². The molecule has 0 aliphatic carbocycles. The van der Waals surface area contributed by atoms with Crippen LogP contribution < -0.4 is 10.9 Å². The van der Waals surface area contributed by atoms with Gasteiger partial charge in [0.25, 0.3) is 11.5 Å². The van der Waals surface area contributed by atoms with E-state index >= 15 is 0 Å². The number of fused-ring (bicyclic) bond motifs is 3. The molecule has 2 bridgehead atoms. The van der Waals surface area contributed by atoms with Gasteiger partial charge in [-0.1, -0.05) is 0 Å². The molecule has 1 aromatic rings. The standard InChI is InChI=1S/C13H16ClN3O2/c14-17-7-10(1-2-12(17)18)13(19)15-11-8-16-5-3-9(11)4-6-16/h1-2,7,9,11H,3-6,8H2,(H,15,19). The minimum absolute atomic E-state index is 0.159. The maximum Gasteiger partial charge on any atom is 0.265 e. The second kappa shape index (κ2) is 4.98. The largest absolute Gasteiger partial charge is 0.348 e. The molecule has 0 aromatic carbocycles. The highest BCUT2D eigenvalue weighted by Gasteiger charge is 2.34. The molecule has 0 saturated carbocycles. The first-order valence-corrected chi connectivity index (χ1v) is 6.89. The van der Waals surface area contributed by atoms with Crippen molar-refractivity contribution < 1.29 is 4.79 Å². The summed E-state index contributed by atoms with van der Waals surface area (Å²) in [7, 11) is 0. The van der Waals surface area contributed by atoms with E-state index in [0.29, 0.717) is 11.5 Å². The molecule has 0 radical (unpaired) electrons. The van der Waals surface area contributed by atoms with Crippen molar-refractivity contribution in [3.05, 3.63) is 34.2 Å². The van der Waals surface area contributed by atoms with Crippen LogP contribution in [0.3, 0.4) is 0 Å². The topological polar surface area (TPSA) is 54.3 Å². The second-order valence-electron chi connectivity index (χ2n) is 5.29. The summed E-state index contributed by atoms with van der Waals surface area (Å²) in [6.45, 7) is 3.21. The van der Waals surface area contributed by atoms with E-state index in [1.165, 1.54) is 18.3 Å². The summed E-state index contributed by atoms with van der Waals surface area (Å²) in [5.74, 6) is 0.420. The molecule has 1 amide bonds. The monoisotopic (exact) mass is 281 g/mol. The highest BCUT2D eigenvalue weighted by atomic mass is 35.5. The van der Waals surface area contributed by atoms with Crippen LogP contribution in [0, 0.1) is 5.92 Å². The Kier molecular flexibility index (Phi) is 3.33. The summed E-state index contributed by atoms with van der Waals surface area (Å²) in [4.78, 5) is 25.7. The van der Waals surface area contributed by atoms with Gasteiger partial charge in [0.2, 0.25) is 0 Å². The fraction of sp³-hybridized carbons (Fsp3) is 0.538. The lowest BCUT2D eigenvalue weighted by Gasteiger charge is -2.44. The van der Waals surface area contributed by atoms with Crippen LogP contribution in [0.5, 0.6) is 0 Å². The Hall–Kier alpha value is -1.33. The number of piperidine rings is 3. The van der Waals surface area contributed by atoms with Crippen LogP contribution in [0.2, 0.25) is 0 Å². The van der Waals surface area contributed by atoms with Crippen molar-refractivity contribution in [1.82, 2.24) is 14.3 Å². The van der Waals surface area contributed by atoms with E-state index in [4.69, 9.17) is 11.8 Å². The smallest absolute Gasteiger partial charge is 0.265 e. The SMILES string of the molecule is O=C(NC1CN2CCC1CC2)c1ccc(=O)n(Cl)c1. The van der Waals surface area contributed by atoms with E-state index < -0.39 is 0 Å². The number of hydrogen-bond donors (Lipinski definition) is 1. The van der Waals surface area contributed by atoms with Gasteiger partial charge in [0, 0.05) is 36.6 Å². The summed E-state index contributed by atoms with van der Waals surface area (Å²) in [6, 6.07) is 3.03. The number of rotatable bonds is 2. The van der Waals surface area contributed by atoms with E-state index in [2.05, 4.69) is 10.2 Å². The van der Waals surface area contributed by atoms with Gasteiger partial charge in [-0.2, -0.15) is 0 Å². The maximum atomic E-state index is 12.1. The van der Waals surface area contributed by atoms with Gasteiger partial charge in [0.05, 0.1) is 5.56 Å². The van der Waals surface area contributed by atoms with Gasteiger partial charge in [0.1, 0.15) is 0 Å². The Labute approximate surface area is 116 Å². The predicted octanol–water partition coefficient (Wildman–Crippen LogP) is 0.674. The summed E-state index contributed by atoms with van der Waals surface area (Å²) in [5.41, 5.74) is 0.0899. The number of amides is 1. The van der Waals surface area contributed by atoms with Crippen LogP contribution in [0.1, 0.15) is 23.2 Å². The first-order valence-electron chi connectivity index (χ1n) is 6.55. The van der Waals surface area contributed by atoms with Crippen molar-refractivity contribution in [2.24, 2.45) is 5.92 Å². The lowest BCUT2D eigenvalue weighted by atomic mass is 9.84. The highest BCUT2D eigenvalue weighted by molar-refractivity contribution is 6.15. The van der Waals surface area contributed by atoms with Crippen LogP contribution in [-0.2, 0) is 0 Å². The van der Waals surface area contributed by atoms with E-state index in [1.807, 2.05) is 0 Å². The zero-order chi connectivity index (χ0) is 13.4. The second-order valence-corrected chi connectivity index (χ2v) is 5.65. The molecule has 4 heterocycles. The van der Waals surface area contributed by atoms with Gasteiger partial charge >= 0.3 is 0 Å². The molecule has 1 atom stereocenters. The number of nitrogens with zero attached hydrogens (tertiary/aromatic N) is 2. The first kappa shape index (κ1) is 12.7. The fourth-order valence-corrected chi connectivity index (χ4v) is 3.14. The number of carbonyl (C=O) groups is 1. The van der Waals surface area contributed by atoms with Gasteiger partial charge in [-0.3, -0.25) is 9.59 Å². The lowest BCUT2D eigenvalue weighted by molar-refractivity contribution is 0.0620. The van der Waals surface area contributed by atoms with Crippen molar-refractivity contribution in [3.63, 3.8) is 0 Å². The average molecular weight is 282 g/mol. The Morgan fingerprint density at radius 3 is 2.63 bits per heavy atom.